The summed E-state index contributed by atoms with van der Waals surface area (Å²) >= 11 is 0. The monoisotopic (exact) mass is 404 g/mol. The second kappa shape index (κ2) is 9.59. The zero-order chi connectivity index (χ0) is 20.8. The van der Waals surface area contributed by atoms with Gasteiger partial charge in [0.2, 0.25) is 0 Å². The van der Waals surface area contributed by atoms with E-state index in [9.17, 15) is 4.79 Å². The van der Waals surface area contributed by atoms with Crippen LogP contribution in [0.25, 0.3) is 5.69 Å². The largest absolute Gasteiger partial charge is 0.497 e. The predicted octanol–water partition coefficient (Wildman–Crippen LogP) is 3.80. The molecule has 0 atom stereocenters. The SMILES string of the molecule is COc1ccc(-n2ccc(C(=O)NCc3ccc(CN4CCCCC4)cc3)n2)cc1. The van der Waals surface area contributed by atoms with Gasteiger partial charge in [-0.05, 0) is 67.4 Å². The zero-order valence-corrected chi connectivity index (χ0v) is 17.4. The molecule has 0 aliphatic carbocycles. The lowest BCUT2D eigenvalue weighted by molar-refractivity contribution is 0.0945. The molecule has 1 aliphatic heterocycles. The molecule has 30 heavy (non-hydrogen) atoms. The highest BCUT2D eigenvalue weighted by Crippen LogP contribution is 2.15. The Morgan fingerprint density at radius 1 is 0.967 bits per heavy atom. The van der Waals surface area contributed by atoms with Gasteiger partial charge in [-0.1, -0.05) is 30.7 Å². The molecule has 1 aromatic heterocycles. The third-order valence-corrected chi connectivity index (χ3v) is 5.49. The molecule has 0 radical (unpaired) electrons. The van der Waals surface area contributed by atoms with Crippen molar-refractivity contribution in [1.29, 1.82) is 0 Å². The maximum Gasteiger partial charge on any atom is 0.272 e. The van der Waals surface area contributed by atoms with Crippen LogP contribution in [0.5, 0.6) is 5.75 Å². The minimum absolute atomic E-state index is 0.181. The highest BCUT2D eigenvalue weighted by atomic mass is 16.5. The first-order valence-corrected chi connectivity index (χ1v) is 10.5. The van der Waals surface area contributed by atoms with Crippen molar-refractivity contribution in [3.8, 4) is 11.4 Å². The Kier molecular flexibility index (Phi) is 6.44. The lowest BCUT2D eigenvalue weighted by Gasteiger charge is -2.26. The van der Waals surface area contributed by atoms with Gasteiger partial charge in [-0.25, -0.2) is 4.68 Å². The molecule has 2 heterocycles. The van der Waals surface area contributed by atoms with Crippen LogP contribution in [-0.4, -0.2) is 40.8 Å². The Hall–Kier alpha value is -3.12. The van der Waals surface area contributed by atoms with Gasteiger partial charge in [0.1, 0.15) is 5.75 Å². The Morgan fingerprint density at radius 2 is 1.67 bits per heavy atom. The molecule has 1 fully saturated rings. The van der Waals surface area contributed by atoms with E-state index in [0.29, 0.717) is 12.2 Å². The van der Waals surface area contributed by atoms with Crippen molar-refractivity contribution < 1.29 is 9.53 Å². The minimum Gasteiger partial charge on any atom is -0.497 e. The second-order valence-electron chi connectivity index (χ2n) is 7.68. The van der Waals surface area contributed by atoms with Crippen LogP contribution in [0, 0.1) is 0 Å². The normalized spacial score (nSPS) is 14.4. The Balaban J connectivity index is 1.30. The van der Waals surface area contributed by atoms with Crippen LogP contribution in [-0.2, 0) is 13.1 Å². The zero-order valence-electron chi connectivity index (χ0n) is 17.4. The van der Waals surface area contributed by atoms with Gasteiger partial charge in [0.15, 0.2) is 5.69 Å². The van der Waals surface area contributed by atoms with Crippen molar-refractivity contribution in [2.24, 2.45) is 0 Å². The van der Waals surface area contributed by atoms with Gasteiger partial charge < -0.3 is 10.1 Å². The fraction of sp³-hybridized carbons (Fsp3) is 0.333. The summed E-state index contributed by atoms with van der Waals surface area (Å²) in [5, 5.41) is 7.34. The summed E-state index contributed by atoms with van der Waals surface area (Å²) in [6.07, 6.45) is 5.75. The lowest BCUT2D eigenvalue weighted by atomic mass is 10.1. The van der Waals surface area contributed by atoms with E-state index >= 15 is 0 Å². The van der Waals surface area contributed by atoms with E-state index in [1.165, 1.54) is 37.9 Å². The lowest BCUT2D eigenvalue weighted by Crippen LogP contribution is -2.29. The first kappa shape index (κ1) is 20.2. The fourth-order valence-corrected chi connectivity index (χ4v) is 3.73. The number of nitrogens with zero attached hydrogens (tertiary/aromatic N) is 3. The Morgan fingerprint density at radius 3 is 2.37 bits per heavy atom. The number of ether oxygens (including phenoxy) is 1. The number of likely N-dealkylation sites (tertiary alicyclic amines) is 1. The molecule has 1 saturated heterocycles. The number of carbonyl (C=O) groups excluding carboxylic acids is 1. The molecule has 1 amide bonds. The first-order chi connectivity index (χ1) is 14.7. The van der Waals surface area contributed by atoms with Crippen LogP contribution in [0.3, 0.4) is 0 Å². The summed E-state index contributed by atoms with van der Waals surface area (Å²) in [4.78, 5) is 15.0. The van der Waals surface area contributed by atoms with E-state index in [2.05, 4.69) is 39.6 Å². The highest BCUT2D eigenvalue weighted by Gasteiger charge is 2.12. The smallest absolute Gasteiger partial charge is 0.272 e. The molecular weight excluding hydrogens is 376 g/mol. The third kappa shape index (κ3) is 5.07. The number of nitrogens with one attached hydrogen (secondary N) is 1. The molecule has 0 saturated carbocycles. The second-order valence-corrected chi connectivity index (χ2v) is 7.68. The summed E-state index contributed by atoms with van der Waals surface area (Å²) < 4.78 is 6.86. The number of benzene rings is 2. The molecule has 6 heteroatoms. The first-order valence-electron chi connectivity index (χ1n) is 10.5. The number of methoxy groups -OCH3 is 1. The number of rotatable bonds is 7. The van der Waals surface area contributed by atoms with Gasteiger partial charge in [-0.2, -0.15) is 5.10 Å². The van der Waals surface area contributed by atoms with Crippen molar-refractivity contribution in [3.63, 3.8) is 0 Å². The van der Waals surface area contributed by atoms with Crippen LogP contribution in [0.15, 0.2) is 60.8 Å². The molecule has 1 N–H and O–H groups in total. The van der Waals surface area contributed by atoms with Gasteiger partial charge in [-0.3, -0.25) is 9.69 Å². The quantitative estimate of drug-likeness (QED) is 0.651. The molecule has 2 aromatic carbocycles. The summed E-state index contributed by atoms with van der Waals surface area (Å²) in [5.74, 6) is 0.602. The van der Waals surface area contributed by atoms with Gasteiger partial charge in [-0.15, -0.1) is 0 Å². The maximum absolute atomic E-state index is 12.5. The van der Waals surface area contributed by atoms with E-state index in [-0.39, 0.29) is 5.91 Å². The number of hydrogen-bond acceptors (Lipinski definition) is 4. The molecule has 6 nitrogen and oxygen atoms in total. The number of carbonyl (C=O) groups is 1. The number of amides is 1. The maximum atomic E-state index is 12.5. The molecule has 1 aliphatic rings. The van der Waals surface area contributed by atoms with Crippen molar-refractivity contribution in [1.82, 2.24) is 20.0 Å². The molecule has 0 bridgehead atoms. The average molecular weight is 405 g/mol. The molecule has 0 spiro atoms. The van der Waals surface area contributed by atoms with E-state index in [1.54, 1.807) is 24.1 Å². The van der Waals surface area contributed by atoms with E-state index < -0.39 is 0 Å². The minimum atomic E-state index is -0.181. The number of hydrogen-bond donors (Lipinski definition) is 1. The van der Waals surface area contributed by atoms with Crippen molar-refractivity contribution in [3.05, 3.63) is 77.6 Å². The molecule has 156 valence electrons. The number of piperidine rings is 1. The third-order valence-electron chi connectivity index (χ3n) is 5.49. The van der Waals surface area contributed by atoms with Crippen LogP contribution in [0.2, 0.25) is 0 Å². The van der Waals surface area contributed by atoms with Gasteiger partial charge in [0, 0.05) is 19.3 Å². The van der Waals surface area contributed by atoms with Crippen molar-refractivity contribution in [2.75, 3.05) is 20.2 Å². The molecule has 3 aromatic rings. The van der Waals surface area contributed by atoms with Crippen LogP contribution in [0.4, 0.5) is 0 Å². The van der Waals surface area contributed by atoms with Crippen molar-refractivity contribution >= 4 is 5.91 Å². The van der Waals surface area contributed by atoms with Crippen LogP contribution < -0.4 is 10.1 Å². The van der Waals surface area contributed by atoms with Gasteiger partial charge >= 0.3 is 0 Å². The summed E-state index contributed by atoms with van der Waals surface area (Å²) in [7, 11) is 1.63. The van der Waals surface area contributed by atoms with Gasteiger partial charge in [0.25, 0.3) is 5.91 Å². The standard InChI is InChI=1S/C24H28N4O2/c1-30-22-11-9-21(10-12-22)28-16-13-23(26-28)24(29)25-17-19-5-7-20(8-6-19)18-27-14-3-2-4-15-27/h5-13,16H,2-4,14-15,17-18H2,1H3,(H,25,29). The van der Waals surface area contributed by atoms with Crippen LogP contribution >= 0.6 is 0 Å². The average Bonchev–Trinajstić information content (AvgIpc) is 3.30. The van der Waals surface area contributed by atoms with Gasteiger partial charge in [0.05, 0.1) is 12.8 Å². The summed E-state index contributed by atoms with van der Waals surface area (Å²) in [6, 6.07) is 17.8. The number of aromatic nitrogens is 2. The Bertz CT molecular complexity index is 958. The van der Waals surface area contributed by atoms with E-state index in [0.717, 1.165) is 23.5 Å². The molecule has 0 unspecified atom stereocenters. The summed E-state index contributed by atoms with van der Waals surface area (Å²) in [6.45, 7) is 3.88. The predicted molar refractivity (Wildman–Crippen MR) is 117 cm³/mol. The molecule has 4 rings (SSSR count). The molecular formula is C24H28N4O2. The topological polar surface area (TPSA) is 59.4 Å². The highest BCUT2D eigenvalue weighted by molar-refractivity contribution is 5.92. The Labute approximate surface area is 177 Å². The van der Waals surface area contributed by atoms with Crippen molar-refractivity contribution in [2.45, 2.75) is 32.4 Å². The van der Waals surface area contributed by atoms with E-state index in [4.69, 9.17) is 4.74 Å². The fourth-order valence-electron chi connectivity index (χ4n) is 3.73. The summed E-state index contributed by atoms with van der Waals surface area (Å²) in [5.41, 5.74) is 3.68. The van der Waals surface area contributed by atoms with Crippen LogP contribution in [0.1, 0.15) is 40.9 Å². The van der Waals surface area contributed by atoms with E-state index in [1.807, 2.05) is 24.3 Å².